The fourth-order valence-electron chi connectivity index (χ4n) is 0.546. The first kappa shape index (κ1) is 10.7. The van der Waals surface area contributed by atoms with Gasteiger partial charge in [0.15, 0.2) is 0 Å². The van der Waals surface area contributed by atoms with E-state index in [-0.39, 0.29) is 0 Å². The summed E-state index contributed by atoms with van der Waals surface area (Å²) in [5.74, 6) is 0.972. The Hall–Kier alpha value is -1.26. The molecule has 0 atom stereocenters. The molecule has 0 radical (unpaired) electrons. The quantitative estimate of drug-likeness (QED) is 0.691. The number of hydrogen-bond acceptors (Lipinski definition) is 1. The van der Waals surface area contributed by atoms with Crippen LogP contribution in [0.2, 0.25) is 0 Å². The molecule has 0 spiro atoms. The van der Waals surface area contributed by atoms with Crippen molar-refractivity contribution in [2.24, 2.45) is 0 Å². The van der Waals surface area contributed by atoms with E-state index in [9.17, 15) is 13.2 Å². The van der Waals surface area contributed by atoms with Crippen LogP contribution in [0.3, 0.4) is 0 Å². The van der Waals surface area contributed by atoms with Crippen molar-refractivity contribution in [1.29, 1.82) is 0 Å². The van der Waals surface area contributed by atoms with Crippen LogP contribution in [0.25, 0.3) is 0 Å². The van der Waals surface area contributed by atoms with Gasteiger partial charge < -0.3 is 4.98 Å². The molecule has 1 rings (SSSR count). The Morgan fingerprint density at radius 2 is 2.17 bits per heavy atom. The van der Waals surface area contributed by atoms with E-state index >= 15 is 0 Å². The summed E-state index contributed by atoms with van der Waals surface area (Å²) in [5.41, 5.74) is 0. The number of H-pyrrole nitrogens is 1. The molecule has 68 valence electrons. The third-order valence-corrected chi connectivity index (χ3v) is 0.893. The summed E-state index contributed by atoms with van der Waals surface area (Å²) in [5, 5.41) is 0. The van der Waals surface area contributed by atoms with E-state index in [4.69, 9.17) is 0 Å². The fourth-order valence-corrected chi connectivity index (χ4v) is 0.546. The highest BCUT2D eigenvalue weighted by atomic mass is 19.4. The van der Waals surface area contributed by atoms with E-state index in [1.54, 1.807) is 12.4 Å². The zero-order valence-electron chi connectivity index (χ0n) is 6.30. The normalized spacial score (nSPS) is 9.00. The molecule has 5 heteroatoms. The van der Waals surface area contributed by atoms with Crippen molar-refractivity contribution >= 4 is 0 Å². The lowest BCUT2D eigenvalue weighted by Gasteiger charge is -1.82. The van der Waals surface area contributed by atoms with Gasteiger partial charge in [0.05, 0.1) is 0 Å². The molecule has 0 aliphatic rings. The van der Waals surface area contributed by atoms with Gasteiger partial charge in [-0.2, -0.15) is 13.2 Å². The summed E-state index contributed by atoms with van der Waals surface area (Å²) < 4.78 is 29.0. The Kier molecular flexibility index (Phi) is 5.77. The molecule has 0 unspecified atom stereocenters. The van der Waals surface area contributed by atoms with Gasteiger partial charge in [0.1, 0.15) is 5.82 Å². The number of aromatic nitrogens is 2. The Labute approximate surface area is 68.1 Å². The van der Waals surface area contributed by atoms with Gasteiger partial charge in [-0.25, -0.2) is 4.98 Å². The van der Waals surface area contributed by atoms with Crippen molar-refractivity contribution in [2.75, 3.05) is 0 Å². The average molecular weight is 178 g/mol. The maximum Gasteiger partial charge on any atom is 0.379 e. The van der Waals surface area contributed by atoms with Crippen LogP contribution < -0.4 is 0 Å². The molecule has 0 fully saturated rings. The zero-order valence-corrected chi connectivity index (χ0v) is 6.30. The van der Waals surface area contributed by atoms with Gasteiger partial charge >= 0.3 is 6.68 Å². The zero-order chi connectivity index (χ0) is 9.40. The summed E-state index contributed by atoms with van der Waals surface area (Å²) in [6, 6.07) is 0. The largest absolute Gasteiger partial charge is 0.379 e. The highest BCUT2D eigenvalue weighted by molar-refractivity contribution is 4.92. The van der Waals surface area contributed by atoms with Crippen LogP contribution in [0.4, 0.5) is 13.2 Å². The van der Waals surface area contributed by atoms with E-state index in [2.05, 4.69) is 16.5 Å². The average Bonchev–Trinajstić information content (AvgIpc) is 2.39. The molecular formula is C7H9F3N2. The van der Waals surface area contributed by atoms with Gasteiger partial charge in [-0.3, -0.25) is 0 Å². The molecule has 1 N–H and O–H groups in total. The van der Waals surface area contributed by atoms with Crippen molar-refractivity contribution in [3.05, 3.63) is 30.9 Å². The molecular weight excluding hydrogens is 169 g/mol. The lowest BCUT2D eigenvalue weighted by atomic mass is 10.4. The molecule has 0 aromatic carbocycles. The molecule has 0 aliphatic heterocycles. The van der Waals surface area contributed by atoms with Crippen LogP contribution in [-0.4, -0.2) is 16.6 Å². The van der Waals surface area contributed by atoms with Crippen LogP contribution in [0.1, 0.15) is 5.82 Å². The van der Waals surface area contributed by atoms with Crippen LogP contribution >= 0.6 is 0 Å². The maximum absolute atomic E-state index is 9.67. The van der Waals surface area contributed by atoms with Crippen LogP contribution in [0, 0.1) is 0 Å². The number of hydrogen-bond donors (Lipinski definition) is 1. The number of alkyl halides is 3. The van der Waals surface area contributed by atoms with Gasteiger partial charge in [-0.05, 0) is 0 Å². The SMILES string of the molecule is C=CCc1ncc[nH]1.FC(F)F. The molecule has 1 aromatic rings. The molecule has 0 amide bonds. The van der Waals surface area contributed by atoms with Crippen LogP contribution in [0.5, 0.6) is 0 Å². The summed E-state index contributed by atoms with van der Waals surface area (Å²) in [6.07, 6.45) is 6.18. The summed E-state index contributed by atoms with van der Waals surface area (Å²) in [6.45, 7) is -0.0911. The second-order valence-electron chi connectivity index (χ2n) is 1.78. The van der Waals surface area contributed by atoms with Gasteiger partial charge in [-0.1, -0.05) is 6.08 Å². The third kappa shape index (κ3) is 6.85. The first-order valence-electron chi connectivity index (χ1n) is 3.18. The summed E-state index contributed by atoms with van der Waals surface area (Å²) >= 11 is 0. The van der Waals surface area contributed by atoms with Crippen LogP contribution in [-0.2, 0) is 6.42 Å². The molecule has 1 aromatic heterocycles. The fraction of sp³-hybridized carbons (Fsp3) is 0.286. The van der Waals surface area contributed by atoms with E-state index in [1.807, 2.05) is 6.08 Å². The molecule has 0 saturated heterocycles. The second kappa shape index (κ2) is 6.45. The third-order valence-electron chi connectivity index (χ3n) is 0.893. The minimum atomic E-state index is -3.67. The number of halogens is 3. The van der Waals surface area contributed by atoms with Gasteiger partial charge in [-0.15, -0.1) is 6.58 Å². The Morgan fingerprint density at radius 3 is 2.50 bits per heavy atom. The second-order valence-corrected chi connectivity index (χ2v) is 1.78. The van der Waals surface area contributed by atoms with E-state index in [1.165, 1.54) is 0 Å². The van der Waals surface area contributed by atoms with Crippen molar-refractivity contribution in [3.63, 3.8) is 0 Å². The van der Waals surface area contributed by atoms with Gasteiger partial charge in [0.25, 0.3) is 0 Å². The topological polar surface area (TPSA) is 28.7 Å². The predicted molar refractivity (Wildman–Crippen MR) is 39.6 cm³/mol. The lowest BCUT2D eigenvalue weighted by molar-refractivity contribution is 0.00819. The Morgan fingerprint density at radius 1 is 1.58 bits per heavy atom. The number of imidazole rings is 1. The van der Waals surface area contributed by atoms with Crippen LogP contribution in [0.15, 0.2) is 25.0 Å². The first-order chi connectivity index (χ1) is 5.66. The van der Waals surface area contributed by atoms with Crippen molar-refractivity contribution in [1.82, 2.24) is 9.97 Å². The monoisotopic (exact) mass is 178 g/mol. The molecule has 0 saturated carbocycles. The first-order valence-corrected chi connectivity index (χ1v) is 3.18. The summed E-state index contributed by atoms with van der Waals surface area (Å²) in [7, 11) is 0. The van der Waals surface area contributed by atoms with Gasteiger partial charge in [0.2, 0.25) is 0 Å². The highest BCUT2D eigenvalue weighted by Gasteiger charge is 1.86. The van der Waals surface area contributed by atoms with E-state index in [0.29, 0.717) is 0 Å². The standard InChI is InChI=1S/C6H8N2.CHF3/c1-2-3-6-7-4-5-8-6;2-1(3)4/h2,4-5H,1,3H2,(H,7,8);1H. The number of rotatable bonds is 2. The molecule has 1 heterocycles. The number of allylic oxidation sites excluding steroid dienone is 1. The number of nitrogens with one attached hydrogen (secondary N) is 1. The minimum Gasteiger partial charge on any atom is -0.348 e. The van der Waals surface area contributed by atoms with E-state index in [0.717, 1.165) is 12.2 Å². The molecule has 12 heavy (non-hydrogen) atoms. The summed E-state index contributed by atoms with van der Waals surface area (Å²) in [4.78, 5) is 6.93. The Balaban J connectivity index is 0.000000261. The maximum atomic E-state index is 9.67. The Bertz CT molecular complexity index is 194. The predicted octanol–water partition coefficient (Wildman–Crippen LogP) is 2.32. The number of aromatic amines is 1. The smallest absolute Gasteiger partial charge is 0.348 e. The van der Waals surface area contributed by atoms with Crippen molar-refractivity contribution < 1.29 is 13.2 Å². The lowest BCUT2D eigenvalue weighted by Crippen LogP contribution is -1.80. The number of nitrogens with zero attached hydrogens (tertiary/aromatic N) is 1. The molecule has 2 nitrogen and oxygen atoms in total. The van der Waals surface area contributed by atoms with Crippen molar-refractivity contribution in [3.8, 4) is 0 Å². The van der Waals surface area contributed by atoms with Gasteiger partial charge in [0, 0.05) is 18.8 Å². The minimum absolute atomic E-state index is 0.826. The highest BCUT2D eigenvalue weighted by Crippen LogP contribution is 1.88. The molecule has 0 bridgehead atoms. The van der Waals surface area contributed by atoms with E-state index < -0.39 is 6.68 Å². The van der Waals surface area contributed by atoms with Crippen molar-refractivity contribution in [2.45, 2.75) is 13.1 Å². The molecule has 0 aliphatic carbocycles.